The molecule has 0 heteroatoms. The molecule has 0 aliphatic heterocycles. The Kier molecular flexibility index (Phi) is 8.14. The number of hydrogen-bond donors (Lipinski definition) is 0. The Bertz CT molecular complexity index is 155. The van der Waals surface area contributed by atoms with Crippen LogP contribution in [0.5, 0.6) is 0 Å². The first-order chi connectivity index (χ1) is 7.70. The molecule has 2 atom stereocenters. The van der Waals surface area contributed by atoms with Gasteiger partial charge in [0.05, 0.1) is 0 Å². The molecular formula is C16H34. The third-order valence-electron chi connectivity index (χ3n) is 4.31. The summed E-state index contributed by atoms with van der Waals surface area (Å²) in [6.45, 7) is 13.0. The van der Waals surface area contributed by atoms with Gasteiger partial charge in [0, 0.05) is 0 Å². The molecule has 0 aromatic rings. The maximum atomic E-state index is 2.50. The van der Waals surface area contributed by atoms with E-state index in [4.69, 9.17) is 0 Å². The first kappa shape index (κ1) is 16.0. The van der Waals surface area contributed by atoms with E-state index in [2.05, 4.69) is 13.8 Å². The summed E-state index contributed by atoms with van der Waals surface area (Å²) in [5.74, 6) is 2.17. The zero-order chi connectivity index (χ0) is 12.6. The standard InChI is InChI=1S/C12H22.2C2H6/c1-12(2)9-5-7-10-6-3-4-8-11(10)12;2*1-2/h10-11H,3-9H2,1-2H3;2*1-2H3. The van der Waals surface area contributed by atoms with Crippen molar-refractivity contribution in [2.24, 2.45) is 17.3 Å². The first-order valence-corrected chi connectivity index (χ1v) is 7.70. The lowest BCUT2D eigenvalue weighted by atomic mass is 9.59. The molecule has 0 radical (unpaired) electrons. The van der Waals surface area contributed by atoms with Crippen LogP contribution in [-0.4, -0.2) is 0 Å². The van der Waals surface area contributed by atoms with Gasteiger partial charge in [0.2, 0.25) is 0 Å². The SMILES string of the molecule is CC.CC.CC1(C)CCCC2CCCCC21. The molecule has 0 saturated heterocycles. The van der Waals surface area contributed by atoms with E-state index in [0.29, 0.717) is 5.41 Å². The van der Waals surface area contributed by atoms with E-state index in [1.807, 2.05) is 27.7 Å². The molecule has 0 bridgehead atoms. The van der Waals surface area contributed by atoms with Crippen molar-refractivity contribution < 1.29 is 0 Å². The summed E-state index contributed by atoms with van der Waals surface area (Å²) in [4.78, 5) is 0. The topological polar surface area (TPSA) is 0 Å². The highest BCUT2D eigenvalue weighted by Gasteiger charge is 2.39. The van der Waals surface area contributed by atoms with Crippen molar-refractivity contribution >= 4 is 0 Å². The van der Waals surface area contributed by atoms with Crippen molar-refractivity contribution in [3.63, 3.8) is 0 Å². The van der Waals surface area contributed by atoms with Crippen LogP contribution in [0.4, 0.5) is 0 Å². The van der Waals surface area contributed by atoms with Crippen molar-refractivity contribution in [3.8, 4) is 0 Å². The summed E-state index contributed by atoms with van der Waals surface area (Å²) in [5, 5.41) is 0. The van der Waals surface area contributed by atoms with Crippen molar-refractivity contribution in [1.82, 2.24) is 0 Å². The molecule has 0 aromatic heterocycles. The van der Waals surface area contributed by atoms with E-state index in [-0.39, 0.29) is 0 Å². The normalized spacial score (nSPS) is 31.1. The van der Waals surface area contributed by atoms with Gasteiger partial charge in [-0.05, 0) is 30.1 Å². The fourth-order valence-corrected chi connectivity index (χ4v) is 3.59. The van der Waals surface area contributed by atoms with E-state index in [9.17, 15) is 0 Å². The maximum absolute atomic E-state index is 2.50. The smallest absolute Gasteiger partial charge is 0.0323 e. The van der Waals surface area contributed by atoms with E-state index < -0.39 is 0 Å². The highest BCUT2D eigenvalue weighted by molar-refractivity contribution is 4.90. The minimum atomic E-state index is 0.670. The summed E-state index contributed by atoms with van der Waals surface area (Å²) in [5.41, 5.74) is 0.670. The van der Waals surface area contributed by atoms with Crippen molar-refractivity contribution in [2.75, 3.05) is 0 Å². The van der Waals surface area contributed by atoms with E-state index >= 15 is 0 Å². The summed E-state index contributed by atoms with van der Waals surface area (Å²) < 4.78 is 0. The fraction of sp³-hybridized carbons (Fsp3) is 1.00. The third-order valence-corrected chi connectivity index (χ3v) is 4.31. The fourth-order valence-electron chi connectivity index (χ4n) is 3.59. The van der Waals surface area contributed by atoms with Crippen molar-refractivity contribution in [2.45, 2.75) is 86.5 Å². The van der Waals surface area contributed by atoms with Crippen molar-refractivity contribution in [3.05, 3.63) is 0 Å². The Balaban J connectivity index is 0.000000509. The van der Waals surface area contributed by atoms with Crippen LogP contribution in [0.2, 0.25) is 0 Å². The van der Waals surface area contributed by atoms with Gasteiger partial charge in [0.1, 0.15) is 0 Å². The molecule has 0 amide bonds. The quantitative estimate of drug-likeness (QED) is 0.471. The third kappa shape index (κ3) is 4.11. The summed E-state index contributed by atoms with van der Waals surface area (Å²) >= 11 is 0. The number of rotatable bonds is 0. The number of fused-ring (bicyclic) bond motifs is 1. The number of hydrogen-bond acceptors (Lipinski definition) is 0. The van der Waals surface area contributed by atoms with Gasteiger partial charge in [0.15, 0.2) is 0 Å². The van der Waals surface area contributed by atoms with Gasteiger partial charge in [-0.25, -0.2) is 0 Å². The Hall–Kier alpha value is 0. The molecule has 0 nitrogen and oxygen atoms in total. The van der Waals surface area contributed by atoms with E-state index in [0.717, 1.165) is 11.8 Å². The van der Waals surface area contributed by atoms with Crippen LogP contribution in [0.15, 0.2) is 0 Å². The zero-order valence-electron chi connectivity index (χ0n) is 12.6. The first-order valence-electron chi connectivity index (χ1n) is 7.70. The lowest BCUT2D eigenvalue weighted by Crippen LogP contribution is -2.36. The average Bonchev–Trinajstić information content (AvgIpc) is 2.34. The van der Waals surface area contributed by atoms with Crippen LogP contribution < -0.4 is 0 Å². The zero-order valence-corrected chi connectivity index (χ0v) is 12.6. The van der Waals surface area contributed by atoms with Gasteiger partial charge in [-0.15, -0.1) is 0 Å². The van der Waals surface area contributed by atoms with Crippen LogP contribution in [-0.2, 0) is 0 Å². The Morgan fingerprint density at radius 2 is 1.25 bits per heavy atom. The predicted octanol–water partition coefficient (Wildman–Crippen LogP) is 6.06. The van der Waals surface area contributed by atoms with Gasteiger partial charge in [0.25, 0.3) is 0 Å². The summed E-state index contributed by atoms with van der Waals surface area (Å²) in [6.07, 6.45) is 10.6. The lowest BCUT2D eigenvalue weighted by Gasteiger charge is -2.46. The molecule has 2 saturated carbocycles. The molecule has 2 unspecified atom stereocenters. The molecule has 0 spiro atoms. The maximum Gasteiger partial charge on any atom is -0.0323 e. The minimum absolute atomic E-state index is 0.670. The van der Waals surface area contributed by atoms with Gasteiger partial charge in [-0.1, -0.05) is 73.6 Å². The summed E-state index contributed by atoms with van der Waals surface area (Å²) in [6, 6.07) is 0. The molecule has 2 fully saturated rings. The Labute approximate surface area is 104 Å². The highest BCUT2D eigenvalue weighted by atomic mass is 14.4. The van der Waals surface area contributed by atoms with Crippen molar-refractivity contribution in [1.29, 1.82) is 0 Å². The average molecular weight is 226 g/mol. The summed E-state index contributed by atoms with van der Waals surface area (Å²) in [7, 11) is 0. The molecule has 0 heterocycles. The second-order valence-corrected chi connectivity index (χ2v) is 5.53. The van der Waals surface area contributed by atoms with Gasteiger partial charge < -0.3 is 0 Å². The van der Waals surface area contributed by atoms with Crippen LogP contribution in [0, 0.1) is 17.3 Å². The Morgan fingerprint density at radius 3 is 1.81 bits per heavy atom. The molecule has 2 aliphatic rings. The Morgan fingerprint density at radius 1 is 0.750 bits per heavy atom. The largest absolute Gasteiger partial charge is 0.0683 e. The highest BCUT2D eigenvalue weighted by Crippen LogP contribution is 2.50. The van der Waals surface area contributed by atoms with Crippen LogP contribution in [0.1, 0.15) is 86.5 Å². The van der Waals surface area contributed by atoms with Gasteiger partial charge >= 0.3 is 0 Å². The monoisotopic (exact) mass is 226 g/mol. The van der Waals surface area contributed by atoms with E-state index in [1.165, 1.54) is 44.9 Å². The molecule has 0 aromatic carbocycles. The second-order valence-electron chi connectivity index (χ2n) is 5.53. The second kappa shape index (κ2) is 8.14. The predicted molar refractivity (Wildman–Crippen MR) is 75.8 cm³/mol. The van der Waals surface area contributed by atoms with Gasteiger partial charge in [-0.3, -0.25) is 0 Å². The molecular weight excluding hydrogens is 192 g/mol. The molecule has 16 heavy (non-hydrogen) atoms. The minimum Gasteiger partial charge on any atom is -0.0683 e. The molecule has 0 N–H and O–H groups in total. The van der Waals surface area contributed by atoms with Crippen LogP contribution in [0.25, 0.3) is 0 Å². The molecule has 2 rings (SSSR count). The van der Waals surface area contributed by atoms with Crippen LogP contribution in [0.3, 0.4) is 0 Å². The van der Waals surface area contributed by atoms with Crippen LogP contribution >= 0.6 is 0 Å². The van der Waals surface area contributed by atoms with E-state index in [1.54, 1.807) is 0 Å². The lowest BCUT2D eigenvalue weighted by molar-refractivity contribution is 0.0404. The molecule has 98 valence electrons. The van der Waals surface area contributed by atoms with Gasteiger partial charge in [-0.2, -0.15) is 0 Å². The molecule has 2 aliphatic carbocycles.